The summed E-state index contributed by atoms with van der Waals surface area (Å²) < 4.78 is 14.9. The third-order valence-electron chi connectivity index (χ3n) is 6.11. The molecule has 0 unspecified atom stereocenters. The molecule has 1 aliphatic rings. The van der Waals surface area contributed by atoms with Gasteiger partial charge in [-0.3, -0.25) is 4.98 Å². The van der Waals surface area contributed by atoms with Crippen LogP contribution in [-0.2, 0) is 7.05 Å². The first-order valence-electron chi connectivity index (χ1n) is 10.8. The summed E-state index contributed by atoms with van der Waals surface area (Å²) in [6.45, 7) is 0. The number of hydrogen-bond donors (Lipinski definition) is 0. The highest BCUT2D eigenvalue weighted by molar-refractivity contribution is 14.1. The fourth-order valence-corrected chi connectivity index (χ4v) is 4.56. The normalized spacial score (nSPS) is 17.8. The van der Waals surface area contributed by atoms with E-state index in [4.69, 9.17) is 9.47 Å². The molecule has 1 aromatic carbocycles. The molecule has 0 spiro atoms. The molecule has 4 aromatic heterocycles. The minimum absolute atomic E-state index is 0.103. The molecule has 0 N–H and O–H groups in total. The lowest BCUT2D eigenvalue weighted by Gasteiger charge is -2.34. The van der Waals surface area contributed by atoms with Crippen LogP contribution in [0, 0.1) is 3.70 Å². The summed E-state index contributed by atoms with van der Waals surface area (Å²) >= 11 is 2.12. The molecule has 0 saturated heterocycles. The Kier molecular flexibility index (Phi) is 5.09. The summed E-state index contributed by atoms with van der Waals surface area (Å²) in [6, 6.07) is 16.3. The smallest absolute Gasteiger partial charge is 0.233 e. The van der Waals surface area contributed by atoms with Gasteiger partial charge < -0.3 is 14.0 Å². The topological polar surface area (TPSA) is 75.0 Å². The first-order valence-corrected chi connectivity index (χ1v) is 11.8. The Morgan fingerprint density at radius 2 is 1.61 bits per heavy atom. The van der Waals surface area contributed by atoms with Gasteiger partial charge in [0.1, 0.15) is 15.9 Å². The Labute approximate surface area is 203 Å². The van der Waals surface area contributed by atoms with Crippen LogP contribution in [0.1, 0.15) is 12.8 Å². The van der Waals surface area contributed by atoms with E-state index < -0.39 is 0 Å². The molecular formula is C25H20IN5O2. The summed E-state index contributed by atoms with van der Waals surface area (Å²) in [5.41, 5.74) is 4.53. The minimum Gasteiger partial charge on any atom is -0.474 e. The first-order chi connectivity index (χ1) is 16.1. The second-order valence-corrected chi connectivity index (χ2v) is 9.32. The predicted molar refractivity (Wildman–Crippen MR) is 134 cm³/mol. The van der Waals surface area contributed by atoms with Crippen LogP contribution in [-0.4, -0.2) is 36.9 Å². The quantitative estimate of drug-likeness (QED) is 0.282. The van der Waals surface area contributed by atoms with Crippen molar-refractivity contribution in [3.63, 3.8) is 0 Å². The lowest BCUT2D eigenvalue weighted by molar-refractivity contribution is -0.000469. The van der Waals surface area contributed by atoms with Crippen molar-refractivity contribution in [3.8, 4) is 22.9 Å². The molecular weight excluding hydrogens is 529 g/mol. The highest BCUT2D eigenvalue weighted by atomic mass is 127. The maximum Gasteiger partial charge on any atom is 0.233 e. The average Bonchev–Trinajstić information content (AvgIpc) is 3.11. The molecule has 164 valence electrons. The molecule has 33 heavy (non-hydrogen) atoms. The Morgan fingerprint density at radius 3 is 2.36 bits per heavy atom. The van der Waals surface area contributed by atoms with Crippen LogP contribution in [0.15, 0.2) is 67.1 Å². The van der Waals surface area contributed by atoms with Crippen molar-refractivity contribution in [2.45, 2.75) is 25.0 Å². The van der Waals surface area contributed by atoms with Crippen LogP contribution in [0.25, 0.3) is 32.9 Å². The third kappa shape index (κ3) is 3.88. The van der Waals surface area contributed by atoms with Gasteiger partial charge in [-0.05, 0) is 52.4 Å². The van der Waals surface area contributed by atoms with Gasteiger partial charge in [-0.2, -0.15) is 0 Å². The van der Waals surface area contributed by atoms with Crippen LogP contribution >= 0.6 is 22.6 Å². The fraction of sp³-hybridized carbons (Fsp3) is 0.200. The summed E-state index contributed by atoms with van der Waals surface area (Å²) in [6.07, 6.45) is 7.45. The molecule has 6 rings (SSSR count). The van der Waals surface area contributed by atoms with Crippen molar-refractivity contribution < 1.29 is 9.47 Å². The number of benzene rings is 1. The molecule has 0 radical (unpaired) electrons. The number of halogens is 1. The van der Waals surface area contributed by atoms with Gasteiger partial charge in [0.05, 0.1) is 5.52 Å². The second-order valence-electron chi connectivity index (χ2n) is 8.21. The zero-order chi connectivity index (χ0) is 22.4. The molecule has 1 saturated carbocycles. The predicted octanol–water partition coefficient (Wildman–Crippen LogP) is 5.17. The van der Waals surface area contributed by atoms with E-state index in [1.165, 1.54) is 21.8 Å². The number of ether oxygens (including phenoxy) is 2. The highest BCUT2D eigenvalue weighted by Gasteiger charge is 2.33. The molecule has 0 bridgehead atoms. The third-order valence-corrected chi connectivity index (χ3v) is 6.69. The van der Waals surface area contributed by atoms with Crippen molar-refractivity contribution >= 4 is 44.4 Å². The molecule has 7 nitrogen and oxygen atoms in total. The molecule has 0 atom stereocenters. The molecule has 0 aliphatic heterocycles. The Balaban J connectivity index is 1.13. The van der Waals surface area contributed by atoms with Crippen LogP contribution in [0.5, 0.6) is 11.8 Å². The van der Waals surface area contributed by atoms with E-state index in [2.05, 4.69) is 78.6 Å². The number of fused-ring (bicyclic) bond motifs is 3. The first kappa shape index (κ1) is 20.3. The van der Waals surface area contributed by atoms with Crippen LogP contribution in [0.4, 0.5) is 0 Å². The molecule has 4 heterocycles. The lowest BCUT2D eigenvalue weighted by Crippen LogP contribution is -2.41. The zero-order valence-corrected chi connectivity index (χ0v) is 20.0. The summed E-state index contributed by atoms with van der Waals surface area (Å²) in [5, 5.41) is 10.4. The number of aromatic nitrogens is 5. The summed E-state index contributed by atoms with van der Waals surface area (Å²) in [4.78, 5) is 8.82. The van der Waals surface area contributed by atoms with E-state index in [1.54, 1.807) is 0 Å². The Morgan fingerprint density at radius 1 is 0.818 bits per heavy atom. The van der Waals surface area contributed by atoms with E-state index in [0.717, 1.165) is 27.7 Å². The van der Waals surface area contributed by atoms with Gasteiger partial charge in [0.15, 0.2) is 0 Å². The van der Waals surface area contributed by atoms with Crippen molar-refractivity contribution in [2.75, 3.05) is 0 Å². The largest absolute Gasteiger partial charge is 0.474 e. The summed E-state index contributed by atoms with van der Waals surface area (Å²) in [5.74, 6) is 1.19. The molecule has 1 aliphatic carbocycles. The van der Waals surface area contributed by atoms with Gasteiger partial charge in [-0.15, -0.1) is 10.2 Å². The van der Waals surface area contributed by atoms with E-state index in [1.807, 2.05) is 42.9 Å². The number of nitrogens with zero attached hydrogens (tertiary/aromatic N) is 5. The molecule has 0 amide bonds. The van der Waals surface area contributed by atoms with E-state index in [0.29, 0.717) is 11.8 Å². The molecule has 8 heteroatoms. The van der Waals surface area contributed by atoms with Crippen molar-refractivity contribution in [1.82, 2.24) is 24.7 Å². The van der Waals surface area contributed by atoms with Gasteiger partial charge >= 0.3 is 0 Å². The average molecular weight is 549 g/mol. The minimum atomic E-state index is 0.103. The number of pyridine rings is 2. The maximum absolute atomic E-state index is 6.02. The highest BCUT2D eigenvalue weighted by Crippen LogP contribution is 2.32. The molecule has 1 fully saturated rings. The van der Waals surface area contributed by atoms with Gasteiger partial charge in [0.25, 0.3) is 0 Å². The van der Waals surface area contributed by atoms with Gasteiger partial charge in [-0.25, -0.2) is 4.98 Å². The number of aryl methyl sites for hydroxylation is 1. The lowest BCUT2D eigenvalue weighted by atomic mass is 9.92. The van der Waals surface area contributed by atoms with Crippen LogP contribution in [0.2, 0.25) is 0 Å². The second kappa shape index (κ2) is 8.26. The fourth-order valence-electron chi connectivity index (χ4n) is 4.27. The van der Waals surface area contributed by atoms with Gasteiger partial charge in [0.2, 0.25) is 11.8 Å². The standard InChI is InChI=1S/C25H20IN5O2/c1-31-21-8-9-27-14-20(21)19-4-2-15(10-22(19)31)16-3-6-24(28-13-16)32-17-11-18(12-17)33-25-7-5-23(26)29-30-25/h2-10,13-14,17-18H,11-12H2,1H3. The van der Waals surface area contributed by atoms with Gasteiger partial charge in [-0.1, -0.05) is 12.1 Å². The van der Waals surface area contributed by atoms with Gasteiger partial charge in [0, 0.05) is 72.5 Å². The van der Waals surface area contributed by atoms with Crippen molar-refractivity contribution in [3.05, 3.63) is 70.8 Å². The Hall–Kier alpha value is -3.27. The van der Waals surface area contributed by atoms with Crippen LogP contribution < -0.4 is 9.47 Å². The Bertz CT molecular complexity index is 1440. The monoisotopic (exact) mass is 549 g/mol. The maximum atomic E-state index is 6.02. The van der Waals surface area contributed by atoms with E-state index >= 15 is 0 Å². The van der Waals surface area contributed by atoms with Crippen molar-refractivity contribution in [2.24, 2.45) is 7.05 Å². The van der Waals surface area contributed by atoms with E-state index in [-0.39, 0.29) is 12.2 Å². The van der Waals surface area contributed by atoms with Crippen molar-refractivity contribution in [1.29, 1.82) is 0 Å². The zero-order valence-electron chi connectivity index (χ0n) is 17.9. The van der Waals surface area contributed by atoms with Crippen LogP contribution in [0.3, 0.4) is 0 Å². The SMILES string of the molecule is Cn1c2ccncc2c2ccc(-c3ccc(OC4CC(Oc5ccc(I)nn5)C4)nc3)cc21. The summed E-state index contributed by atoms with van der Waals surface area (Å²) in [7, 11) is 2.09. The van der Waals surface area contributed by atoms with E-state index in [9.17, 15) is 0 Å². The number of hydrogen-bond acceptors (Lipinski definition) is 6. The number of rotatable bonds is 5. The molecule has 5 aromatic rings.